The van der Waals surface area contributed by atoms with Gasteiger partial charge in [0.25, 0.3) is 0 Å². The predicted molar refractivity (Wildman–Crippen MR) is 62.5 cm³/mol. The first-order chi connectivity index (χ1) is 7.29. The maximum Gasteiger partial charge on any atom is 0.217 e. The summed E-state index contributed by atoms with van der Waals surface area (Å²) in [6.45, 7) is 0.938. The molecular formula is C12H24N2O. The number of carbonyl (C=O) groups excluding carboxylic acids is 1. The Hall–Kier alpha value is -0.570. The van der Waals surface area contributed by atoms with Crippen molar-refractivity contribution >= 4 is 5.91 Å². The van der Waals surface area contributed by atoms with Crippen LogP contribution >= 0.6 is 0 Å². The highest BCUT2D eigenvalue weighted by molar-refractivity contribution is 5.73. The monoisotopic (exact) mass is 212 g/mol. The van der Waals surface area contributed by atoms with E-state index in [1.54, 1.807) is 0 Å². The number of nitrogens with two attached hydrogens (primary N) is 1. The molecule has 1 amide bonds. The molecule has 0 spiro atoms. The lowest BCUT2D eigenvalue weighted by Gasteiger charge is -2.20. The molecule has 3 heteroatoms. The first kappa shape index (κ1) is 12.5. The minimum atomic E-state index is -0.186. The fourth-order valence-electron chi connectivity index (χ4n) is 2.23. The summed E-state index contributed by atoms with van der Waals surface area (Å²) in [6, 6.07) is 0.679. The average molecular weight is 212 g/mol. The molecule has 1 aliphatic rings. The Morgan fingerprint density at radius 3 is 2.33 bits per heavy atom. The second-order valence-electron chi connectivity index (χ2n) is 4.57. The van der Waals surface area contributed by atoms with E-state index >= 15 is 0 Å². The number of hydrogen-bond acceptors (Lipinski definition) is 2. The molecule has 1 saturated carbocycles. The molecule has 88 valence electrons. The molecule has 1 rings (SSSR count). The molecule has 0 aromatic rings. The molecule has 3 N–H and O–H groups in total. The lowest BCUT2D eigenvalue weighted by atomic mass is 9.97. The lowest BCUT2D eigenvalue weighted by Crippen LogP contribution is -2.31. The highest BCUT2D eigenvalue weighted by Crippen LogP contribution is 2.16. The van der Waals surface area contributed by atoms with Crippen molar-refractivity contribution in [2.45, 2.75) is 63.8 Å². The van der Waals surface area contributed by atoms with Gasteiger partial charge in [0.15, 0.2) is 0 Å². The Balaban J connectivity index is 2.04. The topological polar surface area (TPSA) is 55.1 Å². The van der Waals surface area contributed by atoms with Crippen LogP contribution in [0.4, 0.5) is 0 Å². The zero-order valence-corrected chi connectivity index (χ0v) is 9.63. The van der Waals surface area contributed by atoms with E-state index in [9.17, 15) is 4.79 Å². The molecule has 0 aromatic heterocycles. The van der Waals surface area contributed by atoms with Crippen LogP contribution in [-0.4, -0.2) is 18.5 Å². The van der Waals surface area contributed by atoms with Gasteiger partial charge in [0.05, 0.1) is 0 Å². The summed E-state index contributed by atoms with van der Waals surface area (Å²) in [5.41, 5.74) is 5.09. The van der Waals surface area contributed by atoms with Crippen LogP contribution in [0.1, 0.15) is 57.8 Å². The van der Waals surface area contributed by atoms with Crippen LogP contribution in [0.5, 0.6) is 0 Å². The number of rotatable bonds is 5. The van der Waals surface area contributed by atoms with Crippen LogP contribution in [0.15, 0.2) is 0 Å². The SMILES string of the molecule is NC(=O)CCCNC1CCCCCCC1. The zero-order valence-electron chi connectivity index (χ0n) is 9.63. The van der Waals surface area contributed by atoms with Gasteiger partial charge < -0.3 is 11.1 Å². The molecule has 0 bridgehead atoms. The summed E-state index contributed by atoms with van der Waals surface area (Å²) < 4.78 is 0. The van der Waals surface area contributed by atoms with Gasteiger partial charge in [-0.05, 0) is 25.8 Å². The van der Waals surface area contributed by atoms with E-state index in [-0.39, 0.29) is 5.91 Å². The summed E-state index contributed by atoms with van der Waals surface area (Å²) in [6.07, 6.45) is 10.9. The number of hydrogen-bond donors (Lipinski definition) is 2. The van der Waals surface area contributed by atoms with Gasteiger partial charge >= 0.3 is 0 Å². The van der Waals surface area contributed by atoms with Gasteiger partial charge in [0.1, 0.15) is 0 Å². The van der Waals surface area contributed by atoms with E-state index in [1.807, 2.05) is 0 Å². The van der Waals surface area contributed by atoms with E-state index in [1.165, 1.54) is 44.9 Å². The molecule has 0 saturated heterocycles. The van der Waals surface area contributed by atoms with Gasteiger partial charge in [-0.25, -0.2) is 0 Å². The summed E-state index contributed by atoms with van der Waals surface area (Å²) in [7, 11) is 0. The van der Waals surface area contributed by atoms with Crippen LogP contribution in [0.2, 0.25) is 0 Å². The molecule has 0 aliphatic heterocycles. The summed E-state index contributed by atoms with van der Waals surface area (Å²) in [4.78, 5) is 10.5. The smallest absolute Gasteiger partial charge is 0.217 e. The lowest BCUT2D eigenvalue weighted by molar-refractivity contribution is -0.118. The zero-order chi connectivity index (χ0) is 10.9. The van der Waals surface area contributed by atoms with Crippen molar-refractivity contribution in [3.63, 3.8) is 0 Å². The Morgan fingerprint density at radius 2 is 1.73 bits per heavy atom. The highest BCUT2D eigenvalue weighted by atomic mass is 16.1. The second kappa shape index (κ2) is 7.69. The van der Waals surface area contributed by atoms with E-state index < -0.39 is 0 Å². The number of amides is 1. The second-order valence-corrected chi connectivity index (χ2v) is 4.57. The number of nitrogens with one attached hydrogen (secondary N) is 1. The third-order valence-electron chi connectivity index (χ3n) is 3.14. The van der Waals surface area contributed by atoms with Crippen LogP contribution in [0, 0.1) is 0 Å². The van der Waals surface area contributed by atoms with Crippen LogP contribution in [0.3, 0.4) is 0 Å². The first-order valence-corrected chi connectivity index (χ1v) is 6.31. The van der Waals surface area contributed by atoms with Gasteiger partial charge in [-0.1, -0.05) is 32.1 Å². The van der Waals surface area contributed by atoms with Crippen molar-refractivity contribution in [1.82, 2.24) is 5.32 Å². The van der Waals surface area contributed by atoms with Crippen molar-refractivity contribution in [3.05, 3.63) is 0 Å². The molecule has 0 unspecified atom stereocenters. The van der Waals surface area contributed by atoms with E-state index in [0.29, 0.717) is 12.5 Å². The van der Waals surface area contributed by atoms with E-state index in [4.69, 9.17) is 5.73 Å². The maximum absolute atomic E-state index is 10.5. The molecule has 0 radical (unpaired) electrons. The predicted octanol–water partition coefficient (Wildman–Crippen LogP) is 1.95. The Morgan fingerprint density at radius 1 is 1.13 bits per heavy atom. The quantitative estimate of drug-likeness (QED) is 0.684. The third kappa shape index (κ3) is 6.50. The standard InChI is InChI=1S/C12H24N2O/c13-12(15)9-6-10-14-11-7-4-2-1-3-5-8-11/h11,14H,1-10H2,(H2,13,15). The van der Waals surface area contributed by atoms with Crippen molar-refractivity contribution in [3.8, 4) is 0 Å². The minimum Gasteiger partial charge on any atom is -0.370 e. The number of primary amides is 1. The third-order valence-corrected chi connectivity index (χ3v) is 3.14. The van der Waals surface area contributed by atoms with Gasteiger partial charge in [-0.3, -0.25) is 4.79 Å². The maximum atomic E-state index is 10.5. The van der Waals surface area contributed by atoms with Crippen LogP contribution in [-0.2, 0) is 4.79 Å². The fraction of sp³-hybridized carbons (Fsp3) is 0.917. The summed E-state index contributed by atoms with van der Waals surface area (Å²) in [5.74, 6) is -0.186. The van der Waals surface area contributed by atoms with E-state index in [2.05, 4.69) is 5.32 Å². The Bertz CT molecular complexity index is 174. The van der Waals surface area contributed by atoms with Gasteiger partial charge in [0.2, 0.25) is 5.91 Å². The first-order valence-electron chi connectivity index (χ1n) is 6.31. The largest absolute Gasteiger partial charge is 0.370 e. The molecular weight excluding hydrogens is 188 g/mol. The van der Waals surface area contributed by atoms with Gasteiger partial charge in [-0.2, -0.15) is 0 Å². The fourth-order valence-corrected chi connectivity index (χ4v) is 2.23. The van der Waals surface area contributed by atoms with Crippen LogP contribution in [0.25, 0.3) is 0 Å². The van der Waals surface area contributed by atoms with Crippen LogP contribution < -0.4 is 11.1 Å². The Kier molecular flexibility index (Phi) is 6.41. The van der Waals surface area contributed by atoms with Gasteiger partial charge in [-0.15, -0.1) is 0 Å². The molecule has 1 aliphatic carbocycles. The van der Waals surface area contributed by atoms with Crippen molar-refractivity contribution in [2.24, 2.45) is 5.73 Å². The Labute approximate surface area is 92.8 Å². The molecule has 0 aromatic carbocycles. The van der Waals surface area contributed by atoms with Crippen molar-refractivity contribution in [1.29, 1.82) is 0 Å². The molecule has 0 heterocycles. The van der Waals surface area contributed by atoms with Crippen molar-refractivity contribution < 1.29 is 4.79 Å². The highest BCUT2D eigenvalue weighted by Gasteiger charge is 2.09. The summed E-state index contributed by atoms with van der Waals surface area (Å²) in [5, 5.41) is 3.54. The molecule has 15 heavy (non-hydrogen) atoms. The normalized spacial score (nSPS) is 19.5. The average Bonchev–Trinajstić information content (AvgIpc) is 2.14. The number of carbonyl (C=O) groups is 1. The summed E-state index contributed by atoms with van der Waals surface area (Å²) >= 11 is 0. The van der Waals surface area contributed by atoms with E-state index in [0.717, 1.165) is 13.0 Å². The minimum absolute atomic E-state index is 0.186. The molecule has 0 atom stereocenters. The van der Waals surface area contributed by atoms with Crippen molar-refractivity contribution in [2.75, 3.05) is 6.54 Å². The molecule has 3 nitrogen and oxygen atoms in total. The van der Waals surface area contributed by atoms with Gasteiger partial charge in [0, 0.05) is 12.5 Å². The molecule has 1 fully saturated rings.